The normalized spacial score (nSPS) is 18.9. The number of rotatable bonds is 4. The molecule has 1 atom stereocenters. The minimum Gasteiger partial charge on any atom is -0.477 e. The summed E-state index contributed by atoms with van der Waals surface area (Å²) in [6, 6.07) is 2.32. The van der Waals surface area contributed by atoms with Crippen molar-refractivity contribution in [1.29, 1.82) is 0 Å². The summed E-state index contributed by atoms with van der Waals surface area (Å²) >= 11 is 0. The molecule has 0 bridgehead atoms. The maximum absolute atomic E-state index is 11.1. The molecule has 2 heterocycles. The van der Waals surface area contributed by atoms with Crippen LogP contribution in [0.15, 0.2) is 12.1 Å². The Bertz CT molecular complexity index is 534. The van der Waals surface area contributed by atoms with Gasteiger partial charge < -0.3 is 14.7 Å². The monoisotopic (exact) mass is 281 g/mol. The number of hydrogen-bond acceptors (Lipinski definition) is 6. The van der Waals surface area contributed by atoms with E-state index in [4.69, 9.17) is 9.84 Å². The fourth-order valence-electron chi connectivity index (χ4n) is 2.26. The van der Waals surface area contributed by atoms with Crippen molar-refractivity contribution in [2.75, 3.05) is 25.1 Å². The third kappa shape index (κ3) is 2.85. The van der Waals surface area contributed by atoms with E-state index in [-0.39, 0.29) is 23.3 Å². The van der Waals surface area contributed by atoms with Crippen molar-refractivity contribution >= 4 is 17.5 Å². The summed E-state index contributed by atoms with van der Waals surface area (Å²) in [5.74, 6) is -1.11. The van der Waals surface area contributed by atoms with E-state index in [1.165, 1.54) is 6.07 Å². The molecule has 0 radical (unpaired) electrons. The molecular weight excluding hydrogens is 266 g/mol. The van der Waals surface area contributed by atoms with Crippen LogP contribution in [0.5, 0.6) is 0 Å². The molecule has 1 N–H and O–H groups in total. The van der Waals surface area contributed by atoms with Crippen LogP contribution >= 0.6 is 0 Å². The van der Waals surface area contributed by atoms with E-state index < -0.39 is 10.9 Å². The van der Waals surface area contributed by atoms with Gasteiger partial charge in [0.15, 0.2) is 5.69 Å². The molecule has 2 rings (SSSR count). The van der Waals surface area contributed by atoms with Crippen LogP contribution in [0.4, 0.5) is 11.5 Å². The van der Waals surface area contributed by atoms with Gasteiger partial charge in [-0.1, -0.05) is 0 Å². The van der Waals surface area contributed by atoms with Crippen molar-refractivity contribution in [2.45, 2.75) is 18.9 Å². The zero-order chi connectivity index (χ0) is 14.7. The molecule has 8 heteroatoms. The molecule has 0 spiro atoms. The van der Waals surface area contributed by atoms with Crippen molar-refractivity contribution in [3.63, 3.8) is 0 Å². The van der Waals surface area contributed by atoms with Crippen molar-refractivity contribution in [3.05, 3.63) is 27.9 Å². The SMILES string of the molecule is COC1CCCN(c2nc(C(=O)O)ccc2[N+](=O)[O-])C1. The highest BCUT2D eigenvalue weighted by Crippen LogP contribution is 2.29. The second kappa shape index (κ2) is 5.83. The van der Waals surface area contributed by atoms with E-state index in [1.807, 2.05) is 0 Å². The molecule has 0 amide bonds. The molecule has 0 aliphatic carbocycles. The van der Waals surface area contributed by atoms with Gasteiger partial charge in [0.05, 0.1) is 11.0 Å². The average molecular weight is 281 g/mol. The van der Waals surface area contributed by atoms with Gasteiger partial charge in [-0.15, -0.1) is 0 Å². The second-order valence-electron chi connectivity index (χ2n) is 4.55. The number of aromatic carboxylic acids is 1. The number of carboxylic acids is 1. The topological polar surface area (TPSA) is 106 Å². The summed E-state index contributed by atoms with van der Waals surface area (Å²) in [6.45, 7) is 1.06. The van der Waals surface area contributed by atoms with Crippen molar-refractivity contribution in [2.24, 2.45) is 0 Å². The maximum atomic E-state index is 11.1. The fraction of sp³-hybridized carbons (Fsp3) is 0.500. The first-order valence-corrected chi connectivity index (χ1v) is 6.19. The van der Waals surface area contributed by atoms with E-state index in [2.05, 4.69) is 4.98 Å². The largest absolute Gasteiger partial charge is 0.477 e. The Morgan fingerprint density at radius 1 is 1.60 bits per heavy atom. The molecule has 8 nitrogen and oxygen atoms in total. The summed E-state index contributed by atoms with van der Waals surface area (Å²) in [6.07, 6.45) is 1.66. The van der Waals surface area contributed by atoms with Gasteiger partial charge in [-0.3, -0.25) is 10.1 Å². The first-order valence-electron chi connectivity index (χ1n) is 6.19. The molecule has 1 aromatic heterocycles. The van der Waals surface area contributed by atoms with Gasteiger partial charge in [-0.05, 0) is 18.9 Å². The van der Waals surface area contributed by atoms with Gasteiger partial charge in [-0.25, -0.2) is 9.78 Å². The maximum Gasteiger partial charge on any atom is 0.354 e. The summed E-state index contributed by atoms with van der Waals surface area (Å²) in [5.41, 5.74) is -0.392. The summed E-state index contributed by atoms with van der Waals surface area (Å²) in [7, 11) is 1.59. The number of carboxylic acid groups (broad SMARTS) is 1. The van der Waals surface area contributed by atoms with Crippen LogP contribution in [-0.4, -0.2) is 47.3 Å². The molecule has 1 aliphatic rings. The zero-order valence-corrected chi connectivity index (χ0v) is 11.0. The zero-order valence-electron chi connectivity index (χ0n) is 11.0. The lowest BCUT2D eigenvalue weighted by molar-refractivity contribution is -0.384. The lowest BCUT2D eigenvalue weighted by Crippen LogP contribution is -2.40. The van der Waals surface area contributed by atoms with Crippen LogP contribution < -0.4 is 4.90 Å². The number of nitro groups is 1. The summed E-state index contributed by atoms with van der Waals surface area (Å²) in [5, 5.41) is 20.0. The third-order valence-electron chi connectivity index (χ3n) is 3.28. The van der Waals surface area contributed by atoms with Gasteiger partial charge in [-0.2, -0.15) is 0 Å². The molecule has 1 unspecified atom stereocenters. The first-order chi connectivity index (χ1) is 9.52. The van der Waals surface area contributed by atoms with Crippen LogP contribution in [0.2, 0.25) is 0 Å². The highest BCUT2D eigenvalue weighted by atomic mass is 16.6. The number of methoxy groups -OCH3 is 1. The predicted molar refractivity (Wildman–Crippen MR) is 70.1 cm³/mol. The Morgan fingerprint density at radius 2 is 2.35 bits per heavy atom. The minimum atomic E-state index is -1.21. The van der Waals surface area contributed by atoms with Gasteiger partial charge >= 0.3 is 11.7 Å². The second-order valence-corrected chi connectivity index (χ2v) is 4.55. The van der Waals surface area contributed by atoms with Crippen LogP contribution in [0.3, 0.4) is 0 Å². The number of aromatic nitrogens is 1. The smallest absolute Gasteiger partial charge is 0.354 e. The average Bonchev–Trinajstić information content (AvgIpc) is 2.46. The number of nitrogens with zero attached hydrogens (tertiary/aromatic N) is 3. The van der Waals surface area contributed by atoms with Gasteiger partial charge in [0, 0.05) is 26.3 Å². The minimum absolute atomic E-state index is 0.0290. The highest BCUT2D eigenvalue weighted by molar-refractivity contribution is 5.86. The molecule has 20 heavy (non-hydrogen) atoms. The van der Waals surface area contributed by atoms with Crippen molar-refractivity contribution < 1.29 is 19.6 Å². The fourth-order valence-corrected chi connectivity index (χ4v) is 2.26. The number of ether oxygens (including phenoxy) is 1. The van der Waals surface area contributed by atoms with E-state index in [9.17, 15) is 14.9 Å². The van der Waals surface area contributed by atoms with Crippen LogP contribution in [0, 0.1) is 10.1 Å². The van der Waals surface area contributed by atoms with Crippen molar-refractivity contribution in [1.82, 2.24) is 4.98 Å². The Hall–Kier alpha value is -2.22. The Balaban J connectivity index is 2.38. The highest BCUT2D eigenvalue weighted by Gasteiger charge is 2.27. The number of anilines is 1. The standard InChI is InChI=1S/C12H15N3O5/c1-20-8-3-2-6-14(7-8)11-10(15(18)19)5-4-9(13-11)12(16)17/h4-5,8H,2-3,6-7H2,1H3,(H,16,17). The molecule has 1 aliphatic heterocycles. The van der Waals surface area contributed by atoms with E-state index in [0.717, 1.165) is 18.9 Å². The van der Waals surface area contributed by atoms with Crippen LogP contribution in [0.25, 0.3) is 0 Å². The Kier molecular flexibility index (Phi) is 4.14. The Labute approximate surface area is 115 Å². The number of carbonyl (C=O) groups is 1. The molecule has 0 aromatic carbocycles. The molecule has 1 aromatic rings. The van der Waals surface area contributed by atoms with Crippen LogP contribution in [0.1, 0.15) is 23.3 Å². The summed E-state index contributed by atoms with van der Waals surface area (Å²) in [4.78, 5) is 27.1. The van der Waals surface area contributed by atoms with E-state index in [1.54, 1.807) is 12.0 Å². The van der Waals surface area contributed by atoms with E-state index >= 15 is 0 Å². The first kappa shape index (κ1) is 14.2. The van der Waals surface area contributed by atoms with Crippen LogP contribution in [-0.2, 0) is 4.74 Å². The summed E-state index contributed by atoms with van der Waals surface area (Å²) < 4.78 is 5.27. The third-order valence-corrected chi connectivity index (χ3v) is 3.28. The Morgan fingerprint density at radius 3 is 2.95 bits per heavy atom. The number of pyridine rings is 1. The van der Waals surface area contributed by atoms with Gasteiger partial charge in [0.25, 0.3) is 0 Å². The molecular formula is C12H15N3O5. The predicted octanol–water partition coefficient (Wildman–Crippen LogP) is 1.30. The van der Waals surface area contributed by atoms with Gasteiger partial charge in [0.1, 0.15) is 0 Å². The molecule has 1 saturated heterocycles. The molecule has 0 saturated carbocycles. The number of piperidine rings is 1. The molecule has 108 valence electrons. The van der Waals surface area contributed by atoms with E-state index in [0.29, 0.717) is 13.1 Å². The quantitative estimate of drug-likeness (QED) is 0.654. The number of hydrogen-bond donors (Lipinski definition) is 1. The lowest BCUT2D eigenvalue weighted by atomic mass is 10.1. The van der Waals surface area contributed by atoms with Crippen molar-refractivity contribution in [3.8, 4) is 0 Å². The molecule has 1 fully saturated rings. The van der Waals surface area contributed by atoms with Gasteiger partial charge in [0.2, 0.25) is 5.82 Å². The lowest BCUT2D eigenvalue weighted by Gasteiger charge is -2.32.